The van der Waals surface area contributed by atoms with Gasteiger partial charge in [-0.25, -0.2) is 13.6 Å². The number of primary sulfonamides is 1. The molecule has 0 radical (unpaired) electrons. The Kier molecular flexibility index (Phi) is 5.16. The molecule has 9 heteroatoms. The highest BCUT2D eigenvalue weighted by Gasteiger charge is 2.16. The van der Waals surface area contributed by atoms with Crippen LogP contribution < -0.4 is 15.2 Å². The normalized spacial score (nSPS) is 11.1. The van der Waals surface area contributed by atoms with E-state index >= 15 is 0 Å². The Labute approximate surface area is 143 Å². The molecule has 0 unspecified atom stereocenters. The van der Waals surface area contributed by atoms with Crippen molar-refractivity contribution in [1.29, 1.82) is 0 Å². The van der Waals surface area contributed by atoms with E-state index in [1.54, 1.807) is 0 Å². The number of hydrogen-bond acceptors (Lipinski definition) is 4. The quantitative estimate of drug-likeness (QED) is 0.859. The van der Waals surface area contributed by atoms with E-state index < -0.39 is 15.9 Å². The van der Waals surface area contributed by atoms with Crippen molar-refractivity contribution in [2.75, 3.05) is 12.4 Å². The van der Waals surface area contributed by atoms with Crippen molar-refractivity contribution in [2.45, 2.75) is 4.90 Å². The lowest BCUT2D eigenvalue weighted by Gasteiger charge is -2.10. The van der Waals surface area contributed by atoms with Crippen LogP contribution in [0.5, 0.6) is 5.75 Å². The van der Waals surface area contributed by atoms with Gasteiger partial charge in [-0.1, -0.05) is 23.2 Å². The minimum atomic E-state index is -3.93. The van der Waals surface area contributed by atoms with Crippen molar-refractivity contribution in [1.82, 2.24) is 0 Å². The van der Waals surface area contributed by atoms with E-state index in [4.69, 9.17) is 33.1 Å². The van der Waals surface area contributed by atoms with Crippen LogP contribution in [0.2, 0.25) is 10.0 Å². The molecule has 0 saturated carbocycles. The Balaban J connectivity index is 2.31. The van der Waals surface area contributed by atoms with Crippen LogP contribution >= 0.6 is 23.2 Å². The van der Waals surface area contributed by atoms with Crippen LogP contribution in [0.25, 0.3) is 0 Å². The minimum Gasteiger partial charge on any atom is -0.495 e. The van der Waals surface area contributed by atoms with Crippen LogP contribution in [-0.2, 0) is 10.0 Å². The summed E-state index contributed by atoms with van der Waals surface area (Å²) in [4.78, 5) is 12.0. The van der Waals surface area contributed by atoms with E-state index in [0.29, 0.717) is 15.7 Å². The Morgan fingerprint density at radius 2 is 1.74 bits per heavy atom. The highest BCUT2D eigenvalue weighted by atomic mass is 35.5. The lowest BCUT2D eigenvalue weighted by atomic mass is 10.2. The third-order valence-electron chi connectivity index (χ3n) is 2.85. The summed E-state index contributed by atoms with van der Waals surface area (Å²) in [5, 5.41) is 8.33. The van der Waals surface area contributed by atoms with Crippen molar-refractivity contribution >= 4 is 44.8 Å². The molecule has 0 aliphatic heterocycles. The summed E-state index contributed by atoms with van der Waals surface area (Å²) in [6.45, 7) is 0. The maximum atomic E-state index is 12.2. The summed E-state index contributed by atoms with van der Waals surface area (Å²) in [5.74, 6) is -0.436. The summed E-state index contributed by atoms with van der Waals surface area (Å²) in [7, 11) is -2.63. The summed E-state index contributed by atoms with van der Waals surface area (Å²) in [6, 6.07) is 8.41. The maximum Gasteiger partial charge on any atom is 0.255 e. The molecule has 3 N–H and O–H groups in total. The predicted molar refractivity (Wildman–Crippen MR) is 88.8 cm³/mol. The summed E-state index contributed by atoms with van der Waals surface area (Å²) in [5.41, 5.74) is 0.590. The van der Waals surface area contributed by atoms with Gasteiger partial charge in [0.25, 0.3) is 5.91 Å². The summed E-state index contributed by atoms with van der Waals surface area (Å²) < 4.78 is 27.8. The second-order valence-electron chi connectivity index (χ2n) is 4.52. The van der Waals surface area contributed by atoms with Crippen LogP contribution in [-0.4, -0.2) is 21.4 Å². The molecule has 122 valence electrons. The Morgan fingerprint density at radius 1 is 1.13 bits per heavy atom. The lowest BCUT2D eigenvalue weighted by Crippen LogP contribution is -2.15. The zero-order valence-corrected chi connectivity index (χ0v) is 14.2. The molecular weight excluding hydrogens is 363 g/mol. The third-order valence-corrected chi connectivity index (χ3v) is 4.24. The monoisotopic (exact) mass is 374 g/mol. The van der Waals surface area contributed by atoms with Gasteiger partial charge in [-0.2, -0.15) is 0 Å². The summed E-state index contributed by atoms with van der Waals surface area (Å²) in [6.07, 6.45) is 0. The fourth-order valence-corrected chi connectivity index (χ4v) is 3.08. The number of nitrogens with two attached hydrogens (primary N) is 1. The average molecular weight is 375 g/mol. The van der Waals surface area contributed by atoms with E-state index in [0.717, 1.165) is 0 Å². The van der Waals surface area contributed by atoms with Gasteiger partial charge in [0.2, 0.25) is 10.0 Å². The molecule has 2 aromatic carbocycles. The standard InChI is InChI=1S/C14H12Cl2N2O4S/c1-22-12-7-11(2-3-13(12)23(17,20)21)18-14(19)8-4-9(15)6-10(16)5-8/h2-7H,1H3,(H,18,19)(H2,17,20,21). The topological polar surface area (TPSA) is 98.5 Å². The molecular formula is C14H12Cl2N2O4S. The van der Waals surface area contributed by atoms with Crippen LogP contribution in [0.3, 0.4) is 0 Å². The highest BCUT2D eigenvalue weighted by molar-refractivity contribution is 7.89. The number of amides is 1. The van der Waals surface area contributed by atoms with Gasteiger partial charge in [0.05, 0.1) is 7.11 Å². The molecule has 0 aromatic heterocycles. The van der Waals surface area contributed by atoms with Gasteiger partial charge in [0, 0.05) is 27.4 Å². The Hall–Kier alpha value is -1.80. The zero-order valence-electron chi connectivity index (χ0n) is 11.8. The smallest absolute Gasteiger partial charge is 0.255 e. The molecule has 0 bridgehead atoms. The van der Waals surface area contributed by atoms with Crippen molar-refractivity contribution in [2.24, 2.45) is 5.14 Å². The molecule has 0 aliphatic carbocycles. The van der Waals surface area contributed by atoms with Crippen molar-refractivity contribution < 1.29 is 17.9 Å². The lowest BCUT2D eigenvalue weighted by molar-refractivity contribution is 0.102. The average Bonchev–Trinajstić information content (AvgIpc) is 2.44. The number of anilines is 1. The molecule has 0 fully saturated rings. The van der Waals surface area contributed by atoms with Gasteiger partial charge in [-0.3, -0.25) is 4.79 Å². The van der Waals surface area contributed by atoms with Gasteiger partial charge in [0.1, 0.15) is 10.6 Å². The van der Waals surface area contributed by atoms with Gasteiger partial charge < -0.3 is 10.1 Å². The van der Waals surface area contributed by atoms with Crippen LogP contribution in [0.1, 0.15) is 10.4 Å². The fourth-order valence-electron chi connectivity index (χ4n) is 1.87. The summed E-state index contributed by atoms with van der Waals surface area (Å²) >= 11 is 11.7. The molecule has 0 aliphatic rings. The van der Waals surface area contributed by atoms with E-state index in [1.807, 2.05) is 0 Å². The number of rotatable bonds is 4. The van der Waals surface area contributed by atoms with Crippen molar-refractivity contribution in [3.8, 4) is 5.75 Å². The van der Waals surface area contributed by atoms with Crippen LogP contribution in [0, 0.1) is 0 Å². The number of halogens is 2. The number of carbonyl (C=O) groups excluding carboxylic acids is 1. The number of sulfonamides is 1. The first-order chi connectivity index (χ1) is 10.7. The number of ether oxygens (including phenoxy) is 1. The minimum absolute atomic E-state index is 0.0226. The van der Waals surface area contributed by atoms with Crippen LogP contribution in [0.4, 0.5) is 5.69 Å². The van der Waals surface area contributed by atoms with Crippen molar-refractivity contribution in [3.63, 3.8) is 0 Å². The molecule has 0 spiro atoms. The molecule has 23 heavy (non-hydrogen) atoms. The first kappa shape index (κ1) is 17.6. The van der Waals surface area contributed by atoms with Gasteiger partial charge in [0.15, 0.2) is 0 Å². The van der Waals surface area contributed by atoms with Crippen LogP contribution in [0.15, 0.2) is 41.3 Å². The number of methoxy groups -OCH3 is 1. The first-order valence-electron chi connectivity index (χ1n) is 6.19. The van der Waals surface area contributed by atoms with E-state index in [1.165, 1.54) is 43.5 Å². The molecule has 2 rings (SSSR count). The second-order valence-corrected chi connectivity index (χ2v) is 6.93. The molecule has 0 heterocycles. The van der Waals surface area contributed by atoms with Gasteiger partial charge in [-0.05, 0) is 30.3 Å². The fraction of sp³-hybridized carbons (Fsp3) is 0.0714. The number of carbonyl (C=O) groups is 1. The number of hydrogen-bond donors (Lipinski definition) is 2. The van der Waals surface area contributed by atoms with Gasteiger partial charge >= 0.3 is 0 Å². The third kappa shape index (κ3) is 4.35. The Morgan fingerprint density at radius 3 is 2.26 bits per heavy atom. The Bertz CT molecular complexity index is 849. The molecule has 1 amide bonds. The molecule has 0 atom stereocenters. The predicted octanol–water partition coefficient (Wildman–Crippen LogP) is 2.90. The largest absolute Gasteiger partial charge is 0.495 e. The zero-order chi connectivity index (χ0) is 17.2. The van der Waals surface area contributed by atoms with Crippen molar-refractivity contribution in [3.05, 3.63) is 52.0 Å². The number of benzene rings is 2. The molecule has 6 nitrogen and oxygen atoms in total. The molecule has 2 aromatic rings. The number of nitrogens with one attached hydrogen (secondary N) is 1. The first-order valence-corrected chi connectivity index (χ1v) is 8.49. The van der Waals surface area contributed by atoms with Gasteiger partial charge in [-0.15, -0.1) is 0 Å². The van der Waals surface area contributed by atoms with E-state index in [2.05, 4.69) is 5.32 Å². The SMILES string of the molecule is COc1cc(NC(=O)c2cc(Cl)cc(Cl)c2)ccc1S(N)(=O)=O. The highest BCUT2D eigenvalue weighted by Crippen LogP contribution is 2.27. The molecule has 0 saturated heterocycles. The second kappa shape index (κ2) is 6.76. The van der Waals surface area contributed by atoms with E-state index in [-0.39, 0.29) is 16.2 Å². The maximum absolute atomic E-state index is 12.2. The van der Waals surface area contributed by atoms with E-state index in [9.17, 15) is 13.2 Å².